The lowest BCUT2D eigenvalue weighted by atomic mass is 10.1. The first-order chi connectivity index (χ1) is 12.6. The Morgan fingerprint density at radius 2 is 1.70 bits per heavy atom. The molecule has 2 amide bonds. The van der Waals surface area contributed by atoms with E-state index in [0.29, 0.717) is 28.1 Å². The van der Waals surface area contributed by atoms with Crippen molar-refractivity contribution in [2.24, 2.45) is 5.73 Å². The molecule has 0 aliphatic heterocycles. The highest BCUT2D eigenvalue weighted by atomic mass is 16.5. The van der Waals surface area contributed by atoms with Gasteiger partial charge in [0.25, 0.3) is 5.91 Å². The zero-order chi connectivity index (χ0) is 20.3. The fraction of sp³-hybridized carbons (Fsp3) is 0.263. The minimum absolute atomic E-state index is 0.142. The molecular weight excluding hydrogens is 350 g/mol. The summed E-state index contributed by atoms with van der Waals surface area (Å²) in [7, 11) is 0. The van der Waals surface area contributed by atoms with E-state index in [-0.39, 0.29) is 11.5 Å². The summed E-state index contributed by atoms with van der Waals surface area (Å²) >= 11 is 0. The Labute approximate surface area is 156 Å². The third kappa shape index (κ3) is 4.41. The van der Waals surface area contributed by atoms with Gasteiger partial charge in [-0.05, 0) is 57.5 Å². The van der Waals surface area contributed by atoms with Gasteiger partial charge in [0.1, 0.15) is 5.69 Å². The molecule has 4 N–H and O–H groups in total. The van der Waals surface area contributed by atoms with Gasteiger partial charge in [-0.25, -0.2) is 4.79 Å². The smallest absolute Gasteiger partial charge is 0.355 e. The van der Waals surface area contributed by atoms with Crippen LogP contribution in [-0.2, 0) is 9.53 Å². The monoisotopic (exact) mass is 371 g/mol. The van der Waals surface area contributed by atoms with Crippen molar-refractivity contribution < 1.29 is 23.9 Å². The number of ether oxygens (including phenoxy) is 1. The number of hydrogen-bond donors (Lipinski definition) is 3. The molecule has 1 heterocycles. The van der Waals surface area contributed by atoms with E-state index in [2.05, 4.69) is 10.3 Å². The number of H-pyrrole nitrogens is 1. The summed E-state index contributed by atoms with van der Waals surface area (Å²) in [6, 6.07) is 5.99. The highest BCUT2D eigenvalue weighted by Crippen LogP contribution is 2.20. The first kappa shape index (κ1) is 19.9. The van der Waals surface area contributed by atoms with Gasteiger partial charge in [-0.15, -0.1) is 0 Å². The van der Waals surface area contributed by atoms with Crippen LogP contribution in [0.5, 0.6) is 0 Å². The molecule has 1 aromatic heterocycles. The maximum atomic E-state index is 12.3. The van der Waals surface area contributed by atoms with E-state index in [1.807, 2.05) is 0 Å². The zero-order valence-electron chi connectivity index (χ0n) is 15.5. The topological polar surface area (TPSA) is 131 Å². The molecule has 2 aromatic rings. The maximum absolute atomic E-state index is 12.3. The molecule has 142 valence electrons. The van der Waals surface area contributed by atoms with Crippen molar-refractivity contribution in [3.8, 4) is 0 Å². The Hall–Kier alpha value is -3.42. The van der Waals surface area contributed by atoms with E-state index in [1.165, 1.54) is 38.1 Å². The second-order valence-electron chi connectivity index (χ2n) is 6.16. The lowest BCUT2D eigenvalue weighted by molar-refractivity contribution is -0.123. The number of nitrogens with one attached hydrogen (secondary N) is 2. The van der Waals surface area contributed by atoms with Gasteiger partial charge in [-0.1, -0.05) is 0 Å². The summed E-state index contributed by atoms with van der Waals surface area (Å²) in [6.45, 7) is 6.17. The minimum atomic E-state index is -1.07. The average Bonchev–Trinajstić information content (AvgIpc) is 2.89. The van der Waals surface area contributed by atoms with Crippen molar-refractivity contribution in [1.82, 2.24) is 4.98 Å². The second kappa shape index (κ2) is 7.86. The van der Waals surface area contributed by atoms with Gasteiger partial charge in [-0.2, -0.15) is 0 Å². The first-order valence-corrected chi connectivity index (χ1v) is 8.23. The normalized spacial score (nSPS) is 11.6. The molecule has 0 saturated carbocycles. The average molecular weight is 371 g/mol. The van der Waals surface area contributed by atoms with Crippen molar-refractivity contribution in [3.63, 3.8) is 0 Å². The van der Waals surface area contributed by atoms with Crippen LogP contribution in [0.15, 0.2) is 24.3 Å². The van der Waals surface area contributed by atoms with Crippen LogP contribution in [0.4, 0.5) is 5.69 Å². The molecule has 0 fully saturated rings. The van der Waals surface area contributed by atoms with Gasteiger partial charge in [0.05, 0.1) is 0 Å². The quantitative estimate of drug-likeness (QED) is 0.529. The van der Waals surface area contributed by atoms with Gasteiger partial charge in [0, 0.05) is 22.5 Å². The van der Waals surface area contributed by atoms with E-state index < -0.39 is 23.9 Å². The number of esters is 1. The van der Waals surface area contributed by atoms with Crippen LogP contribution in [0, 0.1) is 13.8 Å². The van der Waals surface area contributed by atoms with Crippen molar-refractivity contribution >= 4 is 29.3 Å². The Balaban J connectivity index is 2.05. The van der Waals surface area contributed by atoms with Crippen LogP contribution >= 0.6 is 0 Å². The molecule has 8 nitrogen and oxygen atoms in total. The molecule has 0 spiro atoms. The summed E-state index contributed by atoms with van der Waals surface area (Å²) in [5, 5.41) is 2.58. The number of nitrogens with two attached hydrogens (primary N) is 1. The lowest BCUT2D eigenvalue weighted by Crippen LogP contribution is -2.30. The van der Waals surface area contributed by atoms with Crippen molar-refractivity contribution in [2.75, 3.05) is 5.32 Å². The van der Waals surface area contributed by atoms with Crippen LogP contribution in [0.3, 0.4) is 0 Å². The summed E-state index contributed by atoms with van der Waals surface area (Å²) in [5.41, 5.74) is 7.53. The number of rotatable bonds is 6. The van der Waals surface area contributed by atoms with Crippen LogP contribution in [-0.4, -0.2) is 34.7 Å². The number of aromatic amines is 1. The molecule has 0 bridgehead atoms. The Morgan fingerprint density at radius 1 is 1.11 bits per heavy atom. The molecule has 0 radical (unpaired) electrons. The number of carbonyl (C=O) groups excluding carboxylic acids is 4. The summed E-state index contributed by atoms with van der Waals surface area (Å²) in [6.07, 6.45) is -1.07. The number of hydrogen-bond acceptors (Lipinski definition) is 5. The minimum Gasteiger partial charge on any atom is -0.448 e. The lowest BCUT2D eigenvalue weighted by Gasteiger charge is -2.13. The van der Waals surface area contributed by atoms with Crippen LogP contribution in [0.25, 0.3) is 0 Å². The van der Waals surface area contributed by atoms with Crippen molar-refractivity contribution in [2.45, 2.75) is 33.8 Å². The third-order valence-corrected chi connectivity index (χ3v) is 4.08. The van der Waals surface area contributed by atoms with Crippen molar-refractivity contribution in [1.29, 1.82) is 0 Å². The van der Waals surface area contributed by atoms with Gasteiger partial charge in [0.2, 0.25) is 5.91 Å². The SMILES string of the molecule is CC(=O)c1c(C)[nH]c(C(=O)O[C@H](C)C(=O)Nc2ccc(C(N)=O)cc2)c1C. The molecule has 0 aliphatic rings. The number of aryl methyl sites for hydroxylation is 1. The van der Waals surface area contributed by atoms with E-state index in [0.717, 1.165) is 0 Å². The molecule has 1 atom stereocenters. The number of ketones is 1. The molecular formula is C19H21N3O5. The number of primary amides is 1. The van der Waals surface area contributed by atoms with Crippen LogP contribution in [0.2, 0.25) is 0 Å². The Kier molecular flexibility index (Phi) is 5.79. The summed E-state index contributed by atoms with van der Waals surface area (Å²) in [5.74, 6) is -2.00. The van der Waals surface area contributed by atoms with Gasteiger partial charge in [-0.3, -0.25) is 14.4 Å². The first-order valence-electron chi connectivity index (χ1n) is 8.23. The number of carbonyl (C=O) groups is 4. The summed E-state index contributed by atoms with van der Waals surface area (Å²) in [4.78, 5) is 50.1. The second-order valence-corrected chi connectivity index (χ2v) is 6.16. The molecule has 0 aliphatic carbocycles. The molecule has 0 unspecified atom stereocenters. The maximum Gasteiger partial charge on any atom is 0.355 e. The predicted molar refractivity (Wildman–Crippen MR) is 98.7 cm³/mol. The Bertz CT molecular complexity index is 912. The van der Waals surface area contributed by atoms with Gasteiger partial charge >= 0.3 is 5.97 Å². The van der Waals surface area contributed by atoms with E-state index in [4.69, 9.17) is 10.5 Å². The Morgan fingerprint density at radius 3 is 2.19 bits per heavy atom. The zero-order valence-corrected chi connectivity index (χ0v) is 15.5. The number of amides is 2. The highest BCUT2D eigenvalue weighted by molar-refractivity contribution is 6.02. The van der Waals surface area contributed by atoms with E-state index in [1.54, 1.807) is 13.8 Å². The standard InChI is InChI=1S/C19H21N3O5/c1-9-15(11(3)23)10(2)21-16(9)19(26)27-12(4)18(25)22-14-7-5-13(6-8-14)17(20)24/h5-8,12,21H,1-4H3,(H2,20,24)(H,22,25)/t12-/m1/s1. The third-order valence-electron chi connectivity index (χ3n) is 4.08. The van der Waals surface area contributed by atoms with Gasteiger partial charge < -0.3 is 20.8 Å². The molecule has 1 aromatic carbocycles. The number of aromatic nitrogens is 1. The highest BCUT2D eigenvalue weighted by Gasteiger charge is 2.24. The fourth-order valence-electron chi connectivity index (χ4n) is 2.72. The van der Waals surface area contributed by atoms with Gasteiger partial charge in [0.15, 0.2) is 11.9 Å². The predicted octanol–water partition coefficient (Wildman–Crippen LogP) is 2.12. The number of Topliss-reactive ketones (excluding diaryl/α,β-unsaturated/α-hetero) is 1. The fourth-order valence-corrected chi connectivity index (χ4v) is 2.72. The molecule has 0 saturated heterocycles. The summed E-state index contributed by atoms with van der Waals surface area (Å²) < 4.78 is 5.19. The largest absolute Gasteiger partial charge is 0.448 e. The molecule has 8 heteroatoms. The van der Waals surface area contributed by atoms with E-state index >= 15 is 0 Å². The molecule has 2 rings (SSSR count). The molecule has 27 heavy (non-hydrogen) atoms. The number of anilines is 1. The van der Waals surface area contributed by atoms with Crippen LogP contribution in [0.1, 0.15) is 56.3 Å². The van der Waals surface area contributed by atoms with Crippen LogP contribution < -0.4 is 11.1 Å². The number of benzene rings is 1. The van der Waals surface area contributed by atoms with Crippen molar-refractivity contribution in [3.05, 3.63) is 52.3 Å². The van der Waals surface area contributed by atoms with E-state index in [9.17, 15) is 19.2 Å².